The zero-order valence-electron chi connectivity index (χ0n) is 8.98. The van der Waals surface area contributed by atoms with E-state index in [0.717, 1.165) is 0 Å². The quantitative estimate of drug-likeness (QED) is 0.762. The Hall–Kier alpha value is -2.11. The number of carbonyl (C=O) groups excluding carboxylic acids is 1. The van der Waals surface area contributed by atoms with E-state index in [4.69, 9.17) is 26.9 Å². The van der Waals surface area contributed by atoms with Gasteiger partial charge in [0.25, 0.3) is 0 Å². The van der Waals surface area contributed by atoms with E-state index in [1.165, 1.54) is 12.3 Å². The summed E-state index contributed by atoms with van der Waals surface area (Å²) >= 11 is 5.77. The molecule has 0 aromatic carbocycles. The van der Waals surface area contributed by atoms with Crippen LogP contribution in [0.1, 0.15) is 24.1 Å². The minimum absolute atomic E-state index is 0.0518. The van der Waals surface area contributed by atoms with Crippen molar-refractivity contribution in [2.24, 2.45) is 0 Å². The molecule has 0 bridgehead atoms. The largest absolute Gasteiger partial charge is 0.465 e. The second-order valence-electron chi connectivity index (χ2n) is 3.03. The molecule has 1 heterocycles. The van der Waals surface area contributed by atoms with Crippen LogP contribution < -0.4 is 0 Å². The molecule has 1 aromatic heterocycles. The van der Waals surface area contributed by atoms with Crippen molar-refractivity contribution in [1.82, 2.24) is 4.98 Å². The third-order valence-corrected chi connectivity index (χ3v) is 2.24. The van der Waals surface area contributed by atoms with Crippen molar-refractivity contribution in [2.45, 2.75) is 12.8 Å². The molecule has 6 heteroatoms. The number of hydrogen-bond acceptors (Lipinski definition) is 5. The van der Waals surface area contributed by atoms with E-state index in [1.54, 1.807) is 13.0 Å². The van der Waals surface area contributed by atoms with Crippen LogP contribution in [0.3, 0.4) is 0 Å². The summed E-state index contributed by atoms with van der Waals surface area (Å²) in [6.45, 7) is 1.84. The third-order valence-electron chi connectivity index (χ3n) is 1.95. The Bertz CT molecular complexity index is 516. The molecule has 1 unspecified atom stereocenters. The monoisotopic (exact) mass is 249 g/mol. The average Bonchev–Trinajstić information content (AvgIpc) is 2.30. The molecule has 0 saturated heterocycles. The molecule has 5 nitrogen and oxygen atoms in total. The number of nitrogens with zero attached hydrogens (tertiary/aromatic N) is 3. The molecule has 1 atom stereocenters. The van der Waals surface area contributed by atoms with Gasteiger partial charge >= 0.3 is 5.97 Å². The van der Waals surface area contributed by atoms with E-state index in [9.17, 15) is 4.79 Å². The first kappa shape index (κ1) is 13.0. The Labute approximate surface area is 103 Å². The van der Waals surface area contributed by atoms with Crippen LogP contribution in [-0.4, -0.2) is 17.6 Å². The second-order valence-corrected chi connectivity index (χ2v) is 3.43. The number of nitriles is 2. The number of halogens is 1. The lowest BCUT2D eigenvalue weighted by Gasteiger charge is -2.08. The van der Waals surface area contributed by atoms with Crippen molar-refractivity contribution in [3.05, 3.63) is 28.5 Å². The summed E-state index contributed by atoms with van der Waals surface area (Å²) in [6, 6.07) is 4.98. The highest BCUT2D eigenvalue weighted by molar-refractivity contribution is 6.31. The van der Waals surface area contributed by atoms with E-state index in [1.807, 2.05) is 6.07 Å². The molecule has 1 aromatic rings. The minimum atomic E-state index is -1.08. The smallest absolute Gasteiger partial charge is 0.327 e. The molecule has 0 fully saturated rings. The highest BCUT2D eigenvalue weighted by Gasteiger charge is 2.22. The standard InChI is InChI=1S/C11H8ClN3O2/c1-2-17-11(16)8(4-13)7-3-9(12)10(5-14)15-6-7/h3,6,8H,2H2,1H3. The Morgan fingerprint density at radius 1 is 1.65 bits per heavy atom. The molecule has 86 valence electrons. The Balaban J connectivity index is 3.07. The van der Waals surface area contributed by atoms with Crippen LogP contribution in [0.4, 0.5) is 0 Å². The van der Waals surface area contributed by atoms with Gasteiger partial charge in [-0.2, -0.15) is 10.5 Å². The van der Waals surface area contributed by atoms with Crippen LogP contribution in [0.15, 0.2) is 12.3 Å². The summed E-state index contributed by atoms with van der Waals surface area (Å²) in [4.78, 5) is 15.2. The summed E-state index contributed by atoms with van der Waals surface area (Å²) < 4.78 is 4.75. The molecule has 0 saturated carbocycles. The maximum atomic E-state index is 11.5. The van der Waals surface area contributed by atoms with Crippen LogP contribution in [0, 0.1) is 22.7 Å². The van der Waals surface area contributed by atoms with Crippen LogP contribution in [-0.2, 0) is 9.53 Å². The highest BCUT2D eigenvalue weighted by Crippen LogP contribution is 2.21. The van der Waals surface area contributed by atoms with Gasteiger partial charge in [0.1, 0.15) is 6.07 Å². The zero-order valence-corrected chi connectivity index (χ0v) is 9.73. The molecule has 0 aliphatic carbocycles. The summed E-state index contributed by atoms with van der Waals surface area (Å²) in [5, 5.41) is 17.7. The van der Waals surface area contributed by atoms with Crippen molar-refractivity contribution < 1.29 is 9.53 Å². The first-order chi connectivity index (χ1) is 8.13. The maximum Gasteiger partial charge on any atom is 0.327 e. The molecule has 0 spiro atoms. The van der Waals surface area contributed by atoms with Gasteiger partial charge in [-0.05, 0) is 13.0 Å². The van der Waals surface area contributed by atoms with E-state index in [0.29, 0.717) is 5.56 Å². The van der Waals surface area contributed by atoms with Crippen LogP contribution >= 0.6 is 11.6 Å². The van der Waals surface area contributed by atoms with Gasteiger partial charge in [-0.25, -0.2) is 4.98 Å². The molecule has 0 N–H and O–H groups in total. The predicted octanol–water partition coefficient (Wildman–Crippen LogP) is 1.78. The van der Waals surface area contributed by atoms with Crippen molar-refractivity contribution in [3.63, 3.8) is 0 Å². The summed E-state index contributed by atoms with van der Waals surface area (Å²) in [5.41, 5.74) is 0.367. The Morgan fingerprint density at radius 2 is 2.35 bits per heavy atom. The topological polar surface area (TPSA) is 86.8 Å². The highest BCUT2D eigenvalue weighted by atomic mass is 35.5. The Morgan fingerprint density at radius 3 is 2.82 bits per heavy atom. The first-order valence-corrected chi connectivity index (χ1v) is 5.13. The van der Waals surface area contributed by atoms with Crippen molar-refractivity contribution in [1.29, 1.82) is 10.5 Å². The number of pyridine rings is 1. The zero-order chi connectivity index (χ0) is 12.8. The number of carbonyl (C=O) groups is 1. The first-order valence-electron chi connectivity index (χ1n) is 4.75. The van der Waals surface area contributed by atoms with E-state index in [2.05, 4.69) is 4.98 Å². The van der Waals surface area contributed by atoms with Crippen LogP contribution in [0.2, 0.25) is 5.02 Å². The van der Waals surface area contributed by atoms with Crippen molar-refractivity contribution in [3.8, 4) is 12.1 Å². The second kappa shape index (κ2) is 5.83. The van der Waals surface area contributed by atoms with Gasteiger partial charge in [0.05, 0.1) is 17.7 Å². The maximum absolute atomic E-state index is 11.5. The lowest BCUT2D eigenvalue weighted by Crippen LogP contribution is -2.14. The van der Waals surface area contributed by atoms with E-state index in [-0.39, 0.29) is 17.3 Å². The fourth-order valence-electron chi connectivity index (χ4n) is 1.18. The summed E-state index contributed by atoms with van der Waals surface area (Å²) in [6.07, 6.45) is 1.27. The fourth-order valence-corrected chi connectivity index (χ4v) is 1.40. The van der Waals surface area contributed by atoms with Crippen molar-refractivity contribution >= 4 is 17.6 Å². The van der Waals surface area contributed by atoms with E-state index >= 15 is 0 Å². The third kappa shape index (κ3) is 2.93. The summed E-state index contributed by atoms with van der Waals surface area (Å²) in [7, 11) is 0. The Kier molecular flexibility index (Phi) is 4.45. The molecule has 0 amide bonds. The van der Waals surface area contributed by atoms with Gasteiger partial charge in [0, 0.05) is 11.8 Å². The average molecular weight is 250 g/mol. The number of hydrogen-bond donors (Lipinski definition) is 0. The van der Waals surface area contributed by atoms with Gasteiger partial charge in [0.2, 0.25) is 0 Å². The van der Waals surface area contributed by atoms with Gasteiger partial charge in [-0.1, -0.05) is 11.6 Å². The van der Waals surface area contributed by atoms with Gasteiger partial charge < -0.3 is 4.74 Å². The minimum Gasteiger partial charge on any atom is -0.465 e. The fraction of sp³-hybridized carbons (Fsp3) is 0.273. The molecule has 0 aliphatic rings. The number of rotatable bonds is 3. The van der Waals surface area contributed by atoms with Gasteiger partial charge in [0.15, 0.2) is 11.6 Å². The van der Waals surface area contributed by atoms with E-state index < -0.39 is 11.9 Å². The number of aromatic nitrogens is 1. The summed E-state index contributed by atoms with van der Waals surface area (Å²) in [5.74, 6) is -1.73. The molecule has 1 rings (SSSR count). The molecule has 0 radical (unpaired) electrons. The SMILES string of the molecule is CCOC(=O)C(C#N)c1cnc(C#N)c(Cl)c1. The predicted molar refractivity (Wildman–Crippen MR) is 58.9 cm³/mol. The molecule has 17 heavy (non-hydrogen) atoms. The lowest BCUT2D eigenvalue weighted by atomic mass is 10.0. The van der Waals surface area contributed by atoms with Crippen LogP contribution in [0.5, 0.6) is 0 Å². The van der Waals surface area contributed by atoms with Gasteiger partial charge in [-0.3, -0.25) is 4.79 Å². The molecular weight excluding hydrogens is 242 g/mol. The van der Waals surface area contributed by atoms with Crippen LogP contribution in [0.25, 0.3) is 0 Å². The molecular formula is C11H8ClN3O2. The van der Waals surface area contributed by atoms with Gasteiger partial charge in [-0.15, -0.1) is 0 Å². The normalized spacial score (nSPS) is 11.1. The molecule has 0 aliphatic heterocycles. The van der Waals surface area contributed by atoms with Crippen molar-refractivity contribution in [2.75, 3.05) is 6.61 Å². The lowest BCUT2D eigenvalue weighted by molar-refractivity contribution is -0.143. The number of esters is 1. The number of ether oxygens (including phenoxy) is 1.